The number of aliphatic hydroxyl groups excluding tert-OH is 1. The van der Waals surface area contributed by atoms with Gasteiger partial charge in [0.1, 0.15) is 0 Å². The number of carbonyl (C=O) groups is 1. The van der Waals surface area contributed by atoms with Crippen LogP contribution in [0.4, 0.5) is 0 Å². The lowest BCUT2D eigenvalue weighted by atomic mass is 9.50. The van der Waals surface area contributed by atoms with Crippen LogP contribution in [-0.2, 0) is 4.79 Å². The first-order valence-corrected chi connectivity index (χ1v) is 17.7. The van der Waals surface area contributed by atoms with Crippen LogP contribution in [0.1, 0.15) is 180 Å². The Morgan fingerprint density at radius 1 is 0.538 bits per heavy atom. The highest BCUT2D eigenvalue weighted by Crippen LogP contribution is 2.57. The molecule has 3 saturated carbocycles. The van der Waals surface area contributed by atoms with E-state index in [-0.39, 0.29) is 5.41 Å². The highest BCUT2D eigenvalue weighted by molar-refractivity contribution is 5.85. The smallest absolute Gasteiger partial charge is 0.331 e. The van der Waals surface area contributed by atoms with Gasteiger partial charge in [-0.3, -0.25) is 0 Å². The van der Waals surface area contributed by atoms with Crippen LogP contribution >= 0.6 is 0 Å². The molecule has 226 valence electrons. The highest BCUT2D eigenvalue weighted by Gasteiger charge is 2.53. The van der Waals surface area contributed by atoms with Crippen LogP contribution in [0.5, 0.6) is 0 Å². The summed E-state index contributed by atoms with van der Waals surface area (Å²) in [7, 11) is 0. The molecule has 39 heavy (non-hydrogen) atoms. The first kappa shape index (κ1) is 32.7. The van der Waals surface area contributed by atoms with E-state index in [1.807, 2.05) is 6.08 Å². The number of hydrogen-bond donors (Lipinski definition) is 2. The van der Waals surface area contributed by atoms with Gasteiger partial charge in [0.05, 0.1) is 6.10 Å². The molecule has 3 rings (SSSR count). The highest BCUT2D eigenvalue weighted by atomic mass is 16.4. The summed E-state index contributed by atoms with van der Waals surface area (Å²) in [5.74, 6) is 0.642. The second-order valence-corrected chi connectivity index (χ2v) is 13.8. The van der Waals surface area contributed by atoms with E-state index < -0.39 is 12.1 Å². The number of aliphatic hydroxyl groups is 1. The molecule has 0 aromatic rings. The molecule has 0 radical (unpaired) electrons. The van der Waals surface area contributed by atoms with Crippen molar-refractivity contribution in [2.45, 2.75) is 186 Å². The van der Waals surface area contributed by atoms with Crippen molar-refractivity contribution in [3.63, 3.8) is 0 Å². The third-order valence-electron chi connectivity index (χ3n) is 11.2. The molecule has 0 aliphatic heterocycles. The van der Waals surface area contributed by atoms with Crippen molar-refractivity contribution in [3.05, 3.63) is 11.6 Å². The fourth-order valence-corrected chi connectivity index (χ4v) is 9.11. The summed E-state index contributed by atoms with van der Waals surface area (Å²) in [6.45, 7) is 1.71. The second-order valence-electron chi connectivity index (χ2n) is 13.8. The summed E-state index contributed by atoms with van der Waals surface area (Å²) in [4.78, 5) is 12.1. The number of rotatable bonds is 6. The fraction of sp³-hybridized carbons (Fsp3) is 0.917. The zero-order valence-corrected chi connectivity index (χ0v) is 25.8. The SMILES string of the molecule is CC(=CC(O)C(C1CCCCCCCCC1)(C1CCCCCCCCC1)C1CCCCCCCCC1)C(=O)O. The van der Waals surface area contributed by atoms with Gasteiger partial charge in [-0.1, -0.05) is 135 Å². The molecule has 0 heterocycles. The Morgan fingerprint density at radius 2 is 0.769 bits per heavy atom. The number of hydrogen-bond acceptors (Lipinski definition) is 2. The van der Waals surface area contributed by atoms with Crippen LogP contribution in [0.25, 0.3) is 0 Å². The van der Waals surface area contributed by atoms with Crippen molar-refractivity contribution >= 4 is 5.97 Å². The molecule has 3 aliphatic rings. The Bertz CT molecular complexity index is 603. The molecular formula is C36H64O3. The third kappa shape index (κ3) is 10.2. The maximum atomic E-state index is 12.6. The zero-order valence-electron chi connectivity index (χ0n) is 25.8. The van der Waals surface area contributed by atoms with E-state index in [1.165, 1.54) is 173 Å². The Hall–Kier alpha value is -0.830. The minimum absolute atomic E-state index is 0.186. The van der Waals surface area contributed by atoms with Gasteiger partial charge in [-0.25, -0.2) is 4.79 Å². The lowest BCUT2D eigenvalue weighted by molar-refractivity contribution is -0.133. The summed E-state index contributed by atoms with van der Waals surface area (Å²) < 4.78 is 0. The van der Waals surface area contributed by atoms with E-state index in [1.54, 1.807) is 6.92 Å². The molecule has 1 unspecified atom stereocenters. The van der Waals surface area contributed by atoms with Gasteiger partial charge in [0.2, 0.25) is 0 Å². The molecule has 3 aliphatic carbocycles. The van der Waals surface area contributed by atoms with Crippen LogP contribution in [0.15, 0.2) is 11.6 Å². The summed E-state index contributed by atoms with van der Waals surface area (Å²) in [5.41, 5.74) is 0.153. The summed E-state index contributed by atoms with van der Waals surface area (Å²) >= 11 is 0. The Morgan fingerprint density at radius 3 is 1.00 bits per heavy atom. The van der Waals surface area contributed by atoms with Crippen LogP contribution in [0, 0.1) is 23.2 Å². The largest absolute Gasteiger partial charge is 0.478 e. The van der Waals surface area contributed by atoms with Gasteiger partial charge in [-0.05, 0) is 69.3 Å². The molecule has 3 heteroatoms. The van der Waals surface area contributed by atoms with Gasteiger partial charge in [0.25, 0.3) is 0 Å². The summed E-state index contributed by atoms with van der Waals surface area (Å²) in [5, 5.41) is 22.5. The summed E-state index contributed by atoms with van der Waals surface area (Å²) in [6.07, 6.45) is 36.4. The maximum Gasteiger partial charge on any atom is 0.331 e. The molecule has 0 amide bonds. The fourth-order valence-electron chi connectivity index (χ4n) is 9.11. The first-order chi connectivity index (χ1) is 19.1. The molecule has 0 spiro atoms. The number of aliphatic carboxylic acids is 1. The Balaban J connectivity index is 2.12. The Kier molecular flexibility index (Phi) is 15.6. The molecule has 0 bridgehead atoms. The maximum absolute atomic E-state index is 12.6. The second kappa shape index (κ2) is 18.6. The molecule has 2 N–H and O–H groups in total. The van der Waals surface area contributed by atoms with E-state index in [9.17, 15) is 15.0 Å². The van der Waals surface area contributed by atoms with Gasteiger partial charge in [0, 0.05) is 11.0 Å². The van der Waals surface area contributed by atoms with Gasteiger partial charge in [0.15, 0.2) is 0 Å². The van der Waals surface area contributed by atoms with E-state index >= 15 is 0 Å². The minimum atomic E-state index is -0.870. The van der Waals surface area contributed by atoms with E-state index in [4.69, 9.17) is 0 Å². The minimum Gasteiger partial charge on any atom is -0.478 e. The Labute approximate surface area is 242 Å². The van der Waals surface area contributed by atoms with Crippen molar-refractivity contribution in [1.82, 2.24) is 0 Å². The zero-order chi connectivity index (χ0) is 27.8. The molecule has 0 saturated heterocycles. The predicted molar refractivity (Wildman–Crippen MR) is 165 cm³/mol. The van der Waals surface area contributed by atoms with Gasteiger partial charge in [-0.2, -0.15) is 0 Å². The third-order valence-corrected chi connectivity index (χ3v) is 11.2. The van der Waals surface area contributed by atoms with Crippen molar-refractivity contribution in [3.8, 4) is 0 Å². The van der Waals surface area contributed by atoms with Crippen LogP contribution in [-0.4, -0.2) is 22.3 Å². The standard InChI is InChI=1S/C36H64O3/c1-30(35(38)39)29-34(37)36(31-23-17-11-5-2-6-12-18-24-31,32-25-19-13-7-3-8-14-20-26-32)33-27-21-15-9-4-10-16-22-28-33/h29,31-34,37H,2-28H2,1H3,(H,38,39). The average Bonchev–Trinajstić information content (AvgIpc) is 2.94. The molecule has 1 atom stereocenters. The van der Waals surface area contributed by atoms with Gasteiger partial charge in [-0.15, -0.1) is 0 Å². The summed E-state index contributed by atoms with van der Waals surface area (Å²) in [6, 6.07) is 0. The molecule has 3 fully saturated rings. The van der Waals surface area contributed by atoms with Crippen molar-refractivity contribution < 1.29 is 15.0 Å². The van der Waals surface area contributed by atoms with E-state index in [2.05, 4.69) is 0 Å². The van der Waals surface area contributed by atoms with Crippen LogP contribution in [0.2, 0.25) is 0 Å². The molecular weight excluding hydrogens is 480 g/mol. The van der Waals surface area contributed by atoms with Crippen molar-refractivity contribution in [1.29, 1.82) is 0 Å². The quantitative estimate of drug-likeness (QED) is 0.327. The number of carboxylic acids is 1. The lowest BCUT2D eigenvalue weighted by Crippen LogP contribution is -2.53. The van der Waals surface area contributed by atoms with Crippen molar-refractivity contribution in [2.75, 3.05) is 0 Å². The average molecular weight is 545 g/mol. The topological polar surface area (TPSA) is 57.5 Å². The molecule has 0 aromatic heterocycles. The molecule has 0 aromatic carbocycles. The van der Waals surface area contributed by atoms with Crippen LogP contribution < -0.4 is 0 Å². The van der Waals surface area contributed by atoms with Crippen molar-refractivity contribution in [2.24, 2.45) is 23.2 Å². The van der Waals surface area contributed by atoms with E-state index in [0.717, 1.165) is 0 Å². The normalized spacial score (nSPS) is 25.4. The number of carboxylic acid groups (broad SMARTS) is 1. The predicted octanol–water partition coefficient (Wildman–Crippen LogP) is 10.8. The monoisotopic (exact) mass is 544 g/mol. The first-order valence-electron chi connectivity index (χ1n) is 17.7. The van der Waals surface area contributed by atoms with Crippen LogP contribution in [0.3, 0.4) is 0 Å². The van der Waals surface area contributed by atoms with E-state index in [0.29, 0.717) is 23.3 Å². The van der Waals surface area contributed by atoms with Gasteiger partial charge < -0.3 is 10.2 Å². The molecule has 3 nitrogen and oxygen atoms in total. The van der Waals surface area contributed by atoms with Gasteiger partial charge >= 0.3 is 5.97 Å². The lowest BCUT2D eigenvalue weighted by Gasteiger charge is -2.55.